The first-order valence-electron chi connectivity index (χ1n) is 14.5. The van der Waals surface area contributed by atoms with Crippen LogP contribution in [0.5, 0.6) is 0 Å². The molecule has 1 aromatic carbocycles. The van der Waals surface area contributed by atoms with Gasteiger partial charge in [-0.1, -0.05) is 74.1 Å². The van der Waals surface area contributed by atoms with Crippen LogP contribution in [0.1, 0.15) is 81.1 Å². The van der Waals surface area contributed by atoms with Gasteiger partial charge in [0.15, 0.2) is 6.61 Å². The molecule has 1 N–H and O–H groups in total. The molecule has 0 aromatic heterocycles. The van der Waals surface area contributed by atoms with E-state index in [0.717, 1.165) is 5.92 Å². The van der Waals surface area contributed by atoms with Crippen LogP contribution in [-0.2, 0) is 23.8 Å². The predicted molar refractivity (Wildman–Crippen MR) is 159 cm³/mol. The zero-order valence-corrected chi connectivity index (χ0v) is 26.0. The maximum Gasteiger partial charge on any atom is 0.408 e. The number of morpholine rings is 1. The van der Waals surface area contributed by atoms with Gasteiger partial charge in [-0.05, 0) is 37.1 Å². The number of benzene rings is 1. The molecule has 1 atom stereocenters. The van der Waals surface area contributed by atoms with Crippen molar-refractivity contribution in [1.29, 1.82) is 0 Å². The maximum absolute atomic E-state index is 12.9. The first kappa shape index (κ1) is 39.1. The normalized spacial score (nSPS) is 15.2. The van der Waals surface area contributed by atoms with E-state index in [1.807, 2.05) is 41.5 Å². The molecular weight excluding hydrogens is 517 g/mol. The highest BCUT2D eigenvalue weighted by molar-refractivity contribution is 6.38. The summed E-state index contributed by atoms with van der Waals surface area (Å²) in [5.74, 6) is -0.599. The van der Waals surface area contributed by atoms with Crippen molar-refractivity contribution in [3.8, 4) is 0 Å². The van der Waals surface area contributed by atoms with Crippen LogP contribution in [0, 0.1) is 11.7 Å². The van der Waals surface area contributed by atoms with Gasteiger partial charge in [-0.2, -0.15) is 0 Å². The van der Waals surface area contributed by atoms with Gasteiger partial charge in [-0.15, -0.1) is 0 Å². The number of hydrogen-bond acceptors (Lipinski definition) is 7. The summed E-state index contributed by atoms with van der Waals surface area (Å²) in [7, 11) is 1.26. The Morgan fingerprint density at radius 3 is 2.00 bits per heavy atom. The lowest BCUT2D eigenvalue weighted by molar-refractivity contribution is -0.138. The van der Waals surface area contributed by atoms with Crippen LogP contribution >= 0.6 is 0 Å². The number of nitrogens with zero attached hydrogens (tertiary/aromatic N) is 2. The molecule has 10 heteroatoms. The Morgan fingerprint density at radius 1 is 1.02 bits per heavy atom. The number of alkyl carbamates (subject to hydrolysis) is 1. The lowest BCUT2D eigenvalue weighted by atomic mass is 10.2. The lowest BCUT2D eigenvalue weighted by Crippen LogP contribution is -2.45. The zero-order chi connectivity index (χ0) is 30.9. The fourth-order valence-corrected chi connectivity index (χ4v) is 3.46. The lowest BCUT2D eigenvalue weighted by Gasteiger charge is -2.26. The van der Waals surface area contributed by atoms with Crippen molar-refractivity contribution in [3.63, 3.8) is 0 Å². The van der Waals surface area contributed by atoms with E-state index in [4.69, 9.17) is 14.2 Å². The van der Waals surface area contributed by atoms with Crippen molar-refractivity contribution >= 4 is 29.4 Å². The number of carbonyl (C=O) groups excluding carboxylic acids is 3. The number of methoxy groups -OCH3 is 1. The van der Waals surface area contributed by atoms with Crippen LogP contribution < -0.4 is 5.32 Å². The molecule has 0 radical (unpaired) electrons. The van der Waals surface area contributed by atoms with Gasteiger partial charge in [-0.25, -0.2) is 14.2 Å². The van der Waals surface area contributed by atoms with Crippen molar-refractivity contribution in [2.24, 2.45) is 10.9 Å². The summed E-state index contributed by atoms with van der Waals surface area (Å²) in [4.78, 5) is 41.7. The smallest absolute Gasteiger partial charge is 0.408 e. The van der Waals surface area contributed by atoms with Gasteiger partial charge in [0.05, 0.1) is 32.1 Å². The maximum atomic E-state index is 12.9. The Hall–Kier alpha value is -3.01. The molecule has 1 aromatic rings. The van der Waals surface area contributed by atoms with Gasteiger partial charge in [0.25, 0.3) is 11.8 Å². The first-order valence-corrected chi connectivity index (χ1v) is 14.5. The summed E-state index contributed by atoms with van der Waals surface area (Å²) in [6.07, 6.45) is 5.03. The average molecular weight is 570 g/mol. The van der Waals surface area contributed by atoms with E-state index in [1.54, 1.807) is 0 Å². The minimum absolute atomic E-state index is 0.260. The number of carbonyl (C=O) groups is 3. The molecule has 9 nitrogen and oxygen atoms in total. The monoisotopic (exact) mass is 569 g/mol. The molecule has 0 spiro atoms. The second-order valence-corrected chi connectivity index (χ2v) is 8.29. The number of aliphatic imine (C=N–C) groups is 1. The number of nitrogens with one attached hydrogen (secondary N) is 1. The number of ether oxygens (including phenoxy) is 3. The molecule has 1 saturated carbocycles. The number of halogens is 1. The van der Waals surface area contributed by atoms with Crippen LogP contribution in [0.25, 0.3) is 0 Å². The van der Waals surface area contributed by atoms with E-state index in [1.165, 1.54) is 68.9 Å². The molecule has 0 bridgehead atoms. The van der Waals surface area contributed by atoms with E-state index in [9.17, 15) is 18.8 Å². The molecule has 230 valence electrons. The summed E-state index contributed by atoms with van der Waals surface area (Å²) in [5, 5.41) is 2.32. The van der Waals surface area contributed by atoms with Crippen LogP contribution in [0.15, 0.2) is 29.3 Å². The van der Waals surface area contributed by atoms with Crippen molar-refractivity contribution in [2.75, 3.05) is 40.0 Å². The highest BCUT2D eigenvalue weighted by Crippen LogP contribution is 2.23. The second-order valence-electron chi connectivity index (χ2n) is 8.29. The van der Waals surface area contributed by atoms with Crippen molar-refractivity contribution in [3.05, 3.63) is 30.1 Å². The Labute approximate surface area is 240 Å². The molecule has 1 unspecified atom stereocenters. The fourth-order valence-electron chi connectivity index (χ4n) is 3.46. The molecule has 40 heavy (non-hydrogen) atoms. The zero-order valence-electron chi connectivity index (χ0n) is 26.0. The van der Waals surface area contributed by atoms with Gasteiger partial charge in [0.2, 0.25) is 5.78 Å². The Morgan fingerprint density at radius 2 is 1.55 bits per heavy atom. The quantitative estimate of drug-likeness (QED) is 0.317. The van der Waals surface area contributed by atoms with Gasteiger partial charge < -0.3 is 24.4 Å². The van der Waals surface area contributed by atoms with Gasteiger partial charge in [0, 0.05) is 13.1 Å². The van der Waals surface area contributed by atoms with Crippen LogP contribution in [0.4, 0.5) is 14.9 Å². The molecular formula is C30H52FN3O6. The van der Waals surface area contributed by atoms with Gasteiger partial charge in [-0.3, -0.25) is 9.59 Å². The molecule has 1 aliphatic carbocycles. The van der Waals surface area contributed by atoms with Gasteiger partial charge >= 0.3 is 6.09 Å². The van der Waals surface area contributed by atoms with Crippen LogP contribution in [-0.4, -0.2) is 74.6 Å². The summed E-state index contributed by atoms with van der Waals surface area (Å²) >= 11 is 0. The number of amides is 2. The molecule has 2 amide bonds. The summed E-state index contributed by atoms with van der Waals surface area (Å²) in [6, 6.07) is 4.14. The minimum atomic E-state index is -1.01. The SMILES string of the molecule is CC.CC.CC.CC1CCCC1.COC(=Nc1ccc(F)cc1)C(=O)C(C)NC(=O)OCC(=O)N1CCOCC1. The highest BCUT2D eigenvalue weighted by atomic mass is 19.1. The predicted octanol–water partition coefficient (Wildman–Crippen LogP) is 6.32. The third-order valence-corrected chi connectivity index (χ3v) is 5.52. The Bertz CT molecular complexity index is 836. The summed E-state index contributed by atoms with van der Waals surface area (Å²) in [6.45, 7) is 17.1. The minimum Gasteiger partial charge on any atom is -0.478 e. The largest absolute Gasteiger partial charge is 0.478 e. The molecule has 1 heterocycles. The van der Waals surface area contributed by atoms with E-state index in [0.29, 0.717) is 32.0 Å². The van der Waals surface area contributed by atoms with Crippen LogP contribution in [0.2, 0.25) is 0 Å². The average Bonchev–Trinajstić information content (AvgIpc) is 3.49. The Kier molecular flexibility index (Phi) is 24.4. The molecule has 2 fully saturated rings. The van der Waals surface area contributed by atoms with E-state index >= 15 is 0 Å². The highest BCUT2D eigenvalue weighted by Gasteiger charge is 2.24. The standard InChI is InChI=1S/C18H22FN3O6.C6H12.3C2H6/c1-12(16(24)17(26-2)21-14-5-3-13(19)4-6-14)20-18(25)28-11-15(23)22-7-9-27-10-8-22;1-6-4-2-3-5-6;3*1-2/h3-6,12H,7-11H2,1-2H3,(H,20,25);6H,2-5H2,1H3;3*1-2H3. The van der Waals surface area contributed by atoms with E-state index < -0.39 is 30.3 Å². The van der Waals surface area contributed by atoms with E-state index in [2.05, 4.69) is 17.2 Å². The van der Waals surface area contributed by atoms with Crippen molar-refractivity contribution in [1.82, 2.24) is 10.2 Å². The number of ketones is 1. The van der Waals surface area contributed by atoms with Gasteiger partial charge in [0.1, 0.15) is 5.82 Å². The molecule has 1 aliphatic heterocycles. The third kappa shape index (κ3) is 16.8. The number of Topliss-reactive ketones (excluding diaryl/α,β-unsaturated/α-hetero) is 1. The van der Waals surface area contributed by atoms with Crippen molar-refractivity contribution < 1.29 is 33.0 Å². The van der Waals surface area contributed by atoms with Crippen molar-refractivity contribution in [2.45, 2.75) is 87.1 Å². The topological polar surface area (TPSA) is 107 Å². The number of rotatable bonds is 6. The van der Waals surface area contributed by atoms with E-state index in [-0.39, 0.29) is 11.8 Å². The molecule has 2 aliphatic rings. The summed E-state index contributed by atoms with van der Waals surface area (Å²) < 4.78 is 27.9. The Balaban J connectivity index is 0. The third-order valence-electron chi connectivity index (χ3n) is 5.52. The molecule has 1 saturated heterocycles. The summed E-state index contributed by atoms with van der Waals surface area (Å²) in [5.41, 5.74) is 0.317. The van der Waals surface area contributed by atoms with Crippen LogP contribution in [0.3, 0.4) is 0 Å². The number of hydrogen-bond donors (Lipinski definition) is 1. The fraction of sp³-hybridized carbons (Fsp3) is 0.667. The first-order chi connectivity index (χ1) is 19.3. The molecule has 3 rings (SSSR count). The second kappa shape index (κ2) is 25.0.